The first kappa shape index (κ1) is 17.4. The van der Waals surface area contributed by atoms with Crippen LogP contribution in [0, 0.1) is 6.92 Å². The minimum absolute atomic E-state index is 0.0968. The number of nitrogens with zero attached hydrogens (tertiary/aromatic N) is 5. The maximum atomic E-state index is 10.0. The van der Waals surface area contributed by atoms with E-state index in [0.29, 0.717) is 29.6 Å². The fourth-order valence-corrected chi connectivity index (χ4v) is 2.18. The molecule has 0 fully saturated rings. The lowest BCUT2D eigenvalue weighted by atomic mass is 10.2. The average molecular weight is 352 g/mol. The van der Waals surface area contributed by atoms with Gasteiger partial charge in [-0.3, -0.25) is 5.43 Å². The van der Waals surface area contributed by atoms with E-state index in [-0.39, 0.29) is 5.75 Å². The SMILES string of the molecule is CCCOc1ccc(/C=N\Nc2cc(-n3cc(C)cn3)ncn2)c(O)c1. The van der Waals surface area contributed by atoms with Gasteiger partial charge in [-0.05, 0) is 31.0 Å². The topological polar surface area (TPSA) is 97.5 Å². The molecule has 3 aromatic rings. The average Bonchev–Trinajstić information content (AvgIpc) is 3.08. The van der Waals surface area contributed by atoms with E-state index in [9.17, 15) is 5.11 Å². The summed E-state index contributed by atoms with van der Waals surface area (Å²) in [5, 5.41) is 18.4. The van der Waals surface area contributed by atoms with Gasteiger partial charge in [-0.1, -0.05) is 6.92 Å². The highest BCUT2D eigenvalue weighted by molar-refractivity contribution is 5.84. The summed E-state index contributed by atoms with van der Waals surface area (Å²) < 4.78 is 7.14. The molecule has 0 saturated carbocycles. The maximum absolute atomic E-state index is 10.0. The Labute approximate surface area is 151 Å². The Morgan fingerprint density at radius 1 is 1.31 bits per heavy atom. The van der Waals surface area contributed by atoms with E-state index in [0.717, 1.165) is 12.0 Å². The highest BCUT2D eigenvalue weighted by Crippen LogP contribution is 2.22. The van der Waals surface area contributed by atoms with Crippen molar-refractivity contribution < 1.29 is 9.84 Å². The van der Waals surface area contributed by atoms with Crippen molar-refractivity contribution in [3.8, 4) is 17.3 Å². The Hall–Kier alpha value is -3.42. The zero-order valence-corrected chi connectivity index (χ0v) is 14.6. The number of phenolic OH excluding ortho intramolecular Hbond substituents is 1. The minimum atomic E-state index is 0.0968. The second-order valence-electron chi connectivity index (χ2n) is 5.66. The Bertz CT molecular complexity index is 906. The molecule has 134 valence electrons. The summed E-state index contributed by atoms with van der Waals surface area (Å²) in [7, 11) is 0. The predicted octanol–water partition coefficient (Wildman–Crippen LogP) is 2.91. The first-order chi connectivity index (χ1) is 12.7. The molecule has 0 aliphatic carbocycles. The van der Waals surface area contributed by atoms with Gasteiger partial charge in [0.25, 0.3) is 0 Å². The lowest BCUT2D eigenvalue weighted by molar-refractivity contribution is 0.315. The molecule has 0 amide bonds. The van der Waals surface area contributed by atoms with Gasteiger partial charge in [0.15, 0.2) is 11.6 Å². The Balaban J connectivity index is 1.67. The Morgan fingerprint density at radius 2 is 2.19 bits per heavy atom. The number of hydrazone groups is 1. The number of ether oxygens (including phenoxy) is 1. The van der Waals surface area contributed by atoms with Crippen LogP contribution >= 0.6 is 0 Å². The highest BCUT2D eigenvalue weighted by Gasteiger charge is 2.03. The van der Waals surface area contributed by atoms with Crippen molar-refractivity contribution in [1.82, 2.24) is 19.7 Å². The molecule has 3 rings (SSSR count). The van der Waals surface area contributed by atoms with Crippen molar-refractivity contribution in [1.29, 1.82) is 0 Å². The van der Waals surface area contributed by atoms with E-state index in [2.05, 4.69) is 25.6 Å². The number of phenols is 1. The van der Waals surface area contributed by atoms with Crippen molar-refractivity contribution in [2.45, 2.75) is 20.3 Å². The second kappa shape index (κ2) is 8.11. The number of hydrogen-bond donors (Lipinski definition) is 2. The minimum Gasteiger partial charge on any atom is -0.507 e. The lowest BCUT2D eigenvalue weighted by Gasteiger charge is -2.06. The zero-order valence-electron chi connectivity index (χ0n) is 14.6. The molecule has 0 atom stereocenters. The summed E-state index contributed by atoms with van der Waals surface area (Å²) in [5.74, 6) is 1.87. The number of aromatic nitrogens is 4. The van der Waals surface area contributed by atoms with Gasteiger partial charge in [0.1, 0.15) is 17.8 Å². The van der Waals surface area contributed by atoms with Gasteiger partial charge in [-0.25, -0.2) is 14.6 Å². The lowest BCUT2D eigenvalue weighted by Crippen LogP contribution is -2.01. The number of aryl methyl sites for hydroxylation is 1. The van der Waals surface area contributed by atoms with Gasteiger partial charge in [0, 0.05) is 23.9 Å². The number of hydrogen-bond acceptors (Lipinski definition) is 7. The molecule has 0 radical (unpaired) electrons. The number of aromatic hydroxyl groups is 1. The summed E-state index contributed by atoms with van der Waals surface area (Å²) in [5.41, 5.74) is 4.43. The van der Waals surface area contributed by atoms with Crippen LogP contribution in [0.25, 0.3) is 5.82 Å². The van der Waals surface area contributed by atoms with E-state index >= 15 is 0 Å². The van der Waals surface area contributed by atoms with E-state index in [1.54, 1.807) is 35.1 Å². The maximum Gasteiger partial charge on any atom is 0.158 e. The van der Waals surface area contributed by atoms with E-state index in [1.807, 2.05) is 20.0 Å². The second-order valence-corrected chi connectivity index (χ2v) is 5.66. The molecular weight excluding hydrogens is 332 g/mol. The number of benzene rings is 1. The van der Waals surface area contributed by atoms with Gasteiger partial charge in [-0.2, -0.15) is 10.2 Å². The van der Waals surface area contributed by atoms with Gasteiger partial charge < -0.3 is 9.84 Å². The van der Waals surface area contributed by atoms with Crippen LogP contribution in [-0.2, 0) is 0 Å². The van der Waals surface area contributed by atoms with Crippen molar-refractivity contribution in [2.24, 2.45) is 5.10 Å². The Kier molecular flexibility index (Phi) is 5.43. The van der Waals surface area contributed by atoms with Crippen LogP contribution < -0.4 is 10.2 Å². The van der Waals surface area contributed by atoms with Gasteiger partial charge in [0.05, 0.1) is 19.0 Å². The van der Waals surface area contributed by atoms with Crippen molar-refractivity contribution in [3.63, 3.8) is 0 Å². The molecule has 0 unspecified atom stereocenters. The molecule has 1 aromatic carbocycles. The molecule has 8 nitrogen and oxygen atoms in total. The van der Waals surface area contributed by atoms with Crippen LogP contribution in [0.5, 0.6) is 11.5 Å². The summed E-state index contributed by atoms with van der Waals surface area (Å²) >= 11 is 0. The largest absolute Gasteiger partial charge is 0.507 e. The first-order valence-electron chi connectivity index (χ1n) is 8.24. The molecule has 2 heterocycles. The monoisotopic (exact) mass is 352 g/mol. The number of rotatable bonds is 7. The molecule has 0 bridgehead atoms. The molecular formula is C18H20N6O2. The molecule has 0 aliphatic rings. The van der Waals surface area contributed by atoms with Crippen LogP contribution in [-0.4, -0.2) is 37.7 Å². The zero-order chi connectivity index (χ0) is 18.4. The van der Waals surface area contributed by atoms with E-state index in [4.69, 9.17) is 4.74 Å². The fourth-order valence-electron chi connectivity index (χ4n) is 2.18. The number of nitrogens with one attached hydrogen (secondary N) is 1. The predicted molar refractivity (Wildman–Crippen MR) is 99.0 cm³/mol. The third-order valence-electron chi connectivity index (χ3n) is 3.46. The van der Waals surface area contributed by atoms with Crippen LogP contribution in [0.4, 0.5) is 5.82 Å². The molecule has 26 heavy (non-hydrogen) atoms. The van der Waals surface area contributed by atoms with Crippen molar-refractivity contribution >= 4 is 12.0 Å². The summed E-state index contributed by atoms with van der Waals surface area (Å²) in [6.07, 6.45) is 7.48. The van der Waals surface area contributed by atoms with Crippen LogP contribution in [0.3, 0.4) is 0 Å². The third-order valence-corrected chi connectivity index (χ3v) is 3.46. The van der Waals surface area contributed by atoms with E-state index in [1.165, 1.54) is 12.5 Å². The Morgan fingerprint density at radius 3 is 2.92 bits per heavy atom. The van der Waals surface area contributed by atoms with E-state index < -0.39 is 0 Å². The van der Waals surface area contributed by atoms with Crippen LogP contribution in [0.2, 0.25) is 0 Å². The standard InChI is InChI=1S/C18H20N6O2/c1-3-6-26-15-5-4-14(16(25)7-15)10-21-23-17-8-18(20-12-19-17)24-11-13(2)9-22-24/h4-5,7-12,25H,3,6H2,1-2H3,(H,19,20,23)/b21-10-. The van der Waals surface area contributed by atoms with Crippen LogP contribution in [0.15, 0.2) is 48.1 Å². The summed E-state index contributed by atoms with van der Waals surface area (Å²) in [6, 6.07) is 6.83. The highest BCUT2D eigenvalue weighted by atomic mass is 16.5. The quantitative estimate of drug-likeness (QED) is 0.501. The number of anilines is 1. The smallest absolute Gasteiger partial charge is 0.158 e. The molecule has 2 N–H and O–H groups in total. The molecule has 0 aliphatic heterocycles. The molecule has 8 heteroatoms. The first-order valence-corrected chi connectivity index (χ1v) is 8.24. The van der Waals surface area contributed by atoms with Crippen molar-refractivity contribution in [3.05, 3.63) is 54.1 Å². The summed E-state index contributed by atoms with van der Waals surface area (Å²) in [6.45, 7) is 4.60. The molecule has 0 saturated heterocycles. The molecule has 0 spiro atoms. The van der Waals surface area contributed by atoms with Gasteiger partial charge in [-0.15, -0.1) is 0 Å². The van der Waals surface area contributed by atoms with Gasteiger partial charge >= 0.3 is 0 Å². The normalized spacial score (nSPS) is 11.0. The van der Waals surface area contributed by atoms with Crippen LogP contribution in [0.1, 0.15) is 24.5 Å². The summed E-state index contributed by atoms with van der Waals surface area (Å²) in [4.78, 5) is 8.29. The fraction of sp³-hybridized carbons (Fsp3) is 0.222. The van der Waals surface area contributed by atoms with Gasteiger partial charge in [0.2, 0.25) is 0 Å². The third kappa shape index (κ3) is 4.35. The van der Waals surface area contributed by atoms with Crippen molar-refractivity contribution in [2.75, 3.05) is 12.0 Å². The molecule has 2 aromatic heterocycles.